The van der Waals surface area contributed by atoms with Crippen LogP contribution in [0, 0.1) is 23.6 Å². The molecule has 0 unspecified atom stereocenters. The third kappa shape index (κ3) is 2.80. The number of H-pyrrole nitrogens is 1. The third-order valence-corrected chi connectivity index (χ3v) is 6.23. The molecule has 28 heavy (non-hydrogen) atoms. The molecule has 3 aliphatic carbocycles. The van der Waals surface area contributed by atoms with Crippen LogP contribution in [0.15, 0.2) is 30.7 Å². The standard InChI is InChI=1S/C20H20FN5O2/c21-12-7-13-14(9-24-18(13)23-8-12)15-5-6-22-20(25-15)26-17-11-3-1-10(2-4-11)16(17)19(27)28/h5-11,16-17H,1-4H2,(H,23,24)(H,27,28)(H,22,25,26)/t10?,11?,16-,17-/m1/s1. The van der Waals surface area contributed by atoms with Gasteiger partial charge in [0.1, 0.15) is 11.5 Å². The molecule has 144 valence electrons. The van der Waals surface area contributed by atoms with E-state index in [1.54, 1.807) is 18.5 Å². The number of carboxylic acids is 1. The Morgan fingerprint density at radius 3 is 2.79 bits per heavy atom. The summed E-state index contributed by atoms with van der Waals surface area (Å²) in [5.41, 5.74) is 1.94. The Bertz CT molecular complexity index is 1040. The molecule has 8 heteroatoms. The van der Waals surface area contributed by atoms with Crippen LogP contribution in [0.3, 0.4) is 0 Å². The van der Waals surface area contributed by atoms with Crippen molar-refractivity contribution in [2.24, 2.45) is 17.8 Å². The van der Waals surface area contributed by atoms with Gasteiger partial charge in [-0.3, -0.25) is 4.79 Å². The number of hydrogen-bond acceptors (Lipinski definition) is 5. The number of aliphatic carboxylic acids is 1. The zero-order chi connectivity index (χ0) is 19.3. The van der Waals surface area contributed by atoms with Gasteiger partial charge in [0.25, 0.3) is 0 Å². The number of hydrogen-bond donors (Lipinski definition) is 3. The van der Waals surface area contributed by atoms with Gasteiger partial charge >= 0.3 is 5.97 Å². The van der Waals surface area contributed by atoms with Gasteiger partial charge in [-0.2, -0.15) is 0 Å². The summed E-state index contributed by atoms with van der Waals surface area (Å²) in [5, 5.41) is 13.7. The number of aromatic nitrogens is 4. The Hall–Kier alpha value is -3.03. The van der Waals surface area contributed by atoms with Crippen molar-refractivity contribution in [2.75, 3.05) is 5.32 Å². The van der Waals surface area contributed by atoms with Crippen LogP contribution in [0.25, 0.3) is 22.3 Å². The number of nitrogens with zero attached hydrogens (tertiary/aromatic N) is 3. The smallest absolute Gasteiger partial charge is 0.308 e. The molecular weight excluding hydrogens is 361 g/mol. The predicted molar refractivity (Wildman–Crippen MR) is 101 cm³/mol. The molecule has 3 aliphatic rings. The fraction of sp³-hybridized carbons (Fsp3) is 0.400. The highest BCUT2D eigenvalue weighted by Crippen LogP contribution is 2.46. The zero-order valence-corrected chi connectivity index (χ0v) is 15.1. The van der Waals surface area contributed by atoms with Crippen LogP contribution in [-0.4, -0.2) is 37.1 Å². The highest BCUT2D eigenvalue weighted by atomic mass is 19.1. The van der Waals surface area contributed by atoms with Crippen molar-refractivity contribution in [3.63, 3.8) is 0 Å². The minimum atomic E-state index is -0.749. The second-order valence-corrected chi connectivity index (χ2v) is 7.73. The van der Waals surface area contributed by atoms with Gasteiger partial charge in [-0.15, -0.1) is 0 Å². The molecule has 2 bridgehead atoms. The van der Waals surface area contributed by atoms with E-state index in [1.165, 1.54) is 12.3 Å². The van der Waals surface area contributed by atoms with E-state index in [-0.39, 0.29) is 12.0 Å². The van der Waals surface area contributed by atoms with Gasteiger partial charge in [-0.05, 0) is 49.7 Å². The Balaban J connectivity index is 1.47. The number of fused-ring (bicyclic) bond motifs is 4. The summed E-state index contributed by atoms with van der Waals surface area (Å²) >= 11 is 0. The summed E-state index contributed by atoms with van der Waals surface area (Å²) in [5.74, 6) is -0.633. The molecule has 3 fully saturated rings. The lowest BCUT2D eigenvalue weighted by atomic mass is 9.61. The number of nitrogens with one attached hydrogen (secondary N) is 2. The first-order valence-electron chi connectivity index (χ1n) is 9.55. The Morgan fingerprint density at radius 1 is 1.21 bits per heavy atom. The maximum Gasteiger partial charge on any atom is 0.308 e. The van der Waals surface area contributed by atoms with E-state index in [2.05, 4.69) is 25.3 Å². The Morgan fingerprint density at radius 2 is 2.00 bits per heavy atom. The Kier molecular flexibility index (Phi) is 3.99. The van der Waals surface area contributed by atoms with Crippen LogP contribution < -0.4 is 5.32 Å². The first-order chi connectivity index (χ1) is 13.6. The average molecular weight is 381 g/mol. The molecule has 0 spiro atoms. The fourth-order valence-electron chi connectivity index (χ4n) is 4.93. The molecule has 3 aromatic heterocycles. The van der Waals surface area contributed by atoms with Crippen LogP contribution in [0.5, 0.6) is 0 Å². The van der Waals surface area contributed by atoms with Crippen LogP contribution in [-0.2, 0) is 4.79 Å². The summed E-state index contributed by atoms with van der Waals surface area (Å²) < 4.78 is 13.6. The minimum Gasteiger partial charge on any atom is -0.481 e. The van der Waals surface area contributed by atoms with E-state index >= 15 is 0 Å². The number of carboxylic acid groups (broad SMARTS) is 1. The highest BCUT2D eigenvalue weighted by molar-refractivity contribution is 5.92. The van der Waals surface area contributed by atoms with Gasteiger partial charge in [-0.25, -0.2) is 19.3 Å². The number of rotatable bonds is 4. The maximum absolute atomic E-state index is 13.6. The monoisotopic (exact) mass is 381 g/mol. The second-order valence-electron chi connectivity index (χ2n) is 7.73. The first kappa shape index (κ1) is 17.1. The number of halogens is 1. The van der Waals surface area contributed by atoms with Gasteiger partial charge in [0.15, 0.2) is 0 Å². The van der Waals surface area contributed by atoms with E-state index in [9.17, 15) is 14.3 Å². The zero-order valence-electron chi connectivity index (χ0n) is 15.1. The molecule has 3 saturated carbocycles. The molecule has 0 aromatic carbocycles. The molecular formula is C20H20FN5O2. The van der Waals surface area contributed by atoms with Crippen LogP contribution in [0.4, 0.5) is 10.3 Å². The van der Waals surface area contributed by atoms with Crippen molar-refractivity contribution in [1.82, 2.24) is 19.9 Å². The van der Waals surface area contributed by atoms with Crippen molar-refractivity contribution in [3.8, 4) is 11.3 Å². The minimum absolute atomic E-state index is 0.165. The van der Waals surface area contributed by atoms with Gasteiger partial charge < -0.3 is 15.4 Å². The molecule has 0 amide bonds. The second kappa shape index (κ2) is 6.54. The lowest BCUT2D eigenvalue weighted by Gasteiger charge is -2.46. The third-order valence-electron chi connectivity index (χ3n) is 6.23. The maximum atomic E-state index is 13.6. The van der Waals surface area contributed by atoms with E-state index < -0.39 is 17.7 Å². The fourth-order valence-corrected chi connectivity index (χ4v) is 4.93. The van der Waals surface area contributed by atoms with Crippen molar-refractivity contribution >= 4 is 23.0 Å². The number of carbonyl (C=O) groups is 1. The number of anilines is 1. The lowest BCUT2D eigenvalue weighted by molar-refractivity contribution is -0.148. The van der Waals surface area contributed by atoms with Gasteiger partial charge in [0.05, 0.1) is 17.8 Å². The van der Waals surface area contributed by atoms with Crippen molar-refractivity contribution in [2.45, 2.75) is 31.7 Å². The summed E-state index contributed by atoms with van der Waals surface area (Å²) in [7, 11) is 0. The van der Waals surface area contributed by atoms with Crippen LogP contribution in [0.2, 0.25) is 0 Å². The molecule has 2 atom stereocenters. The van der Waals surface area contributed by atoms with Crippen LogP contribution in [0.1, 0.15) is 25.7 Å². The molecule has 3 N–H and O–H groups in total. The predicted octanol–water partition coefficient (Wildman–Crippen LogP) is 3.46. The summed E-state index contributed by atoms with van der Waals surface area (Å²) in [6.07, 6.45) is 8.58. The topological polar surface area (TPSA) is 104 Å². The molecule has 3 heterocycles. The lowest BCUT2D eigenvalue weighted by Crippen LogP contribution is -2.51. The summed E-state index contributed by atoms with van der Waals surface area (Å²) in [6.45, 7) is 0. The highest BCUT2D eigenvalue weighted by Gasteiger charge is 2.47. The first-order valence-corrected chi connectivity index (χ1v) is 9.55. The number of pyridine rings is 1. The normalized spacial score (nSPS) is 26.5. The van der Waals surface area contributed by atoms with E-state index in [0.29, 0.717) is 28.6 Å². The van der Waals surface area contributed by atoms with E-state index in [1.807, 2.05) is 0 Å². The Labute approximate surface area is 160 Å². The SMILES string of the molecule is O=C(O)[C@@H]1C2CCC(CC2)[C@H]1Nc1nccc(-c2c[nH]c3ncc(F)cc23)n1. The van der Waals surface area contributed by atoms with E-state index in [0.717, 1.165) is 31.2 Å². The van der Waals surface area contributed by atoms with Crippen LogP contribution >= 0.6 is 0 Å². The summed E-state index contributed by atoms with van der Waals surface area (Å²) in [6, 6.07) is 3.01. The van der Waals surface area contributed by atoms with Crippen molar-refractivity contribution in [3.05, 3.63) is 36.5 Å². The quantitative estimate of drug-likeness (QED) is 0.639. The molecule has 3 aromatic rings. The van der Waals surface area contributed by atoms with Gasteiger partial charge in [0, 0.05) is 29.4 Å². The molecule has 0 radical (unpaired) electrons. The van der Waals surface area contributed by atoms with E-state index in [4.69, 9.17) is 0 Å². The largest absolute Gasteiger partial charge is 0.481 e. The van der Waals surface area contributed by atoms with Crippen molar-refractivity contribution < 1.29 is 14.3 Å². The molecule has 7 nitrogen and oxygen atoms in total. The molecule has 0 saturated heterocycles. The molecule has 6 rings (SSSR count). The number of aromatic amines is 1. The van der Waals surface area contributed by atoms with Crippen molar-refractivity contribution in [1.29, 1.82) is 0 Å². The molecule has 0 aliphatic heterocycles. The van der Waals surface area contributed by atoms with Gasteiger partial charge in [-0.1, -0.05) is 0 Å². The summed E-state index contributed by atoms with van der Waals surface area (Å²) in [4.78, 5) is 27.8. The van der Waals surface area contributed by atoms with Gasteiger partial charge in [0.2, 0.25) is 5.95 Å². The average Bonchev–Trinajstić information content (AvgIpc) is 3.12.